The molecule has 4 heterocycles. The fraction of sp³-hybridized carbons (Fsp3) is 0.438. The van der Waals surface area contributed by atoms with E-state index >= 15 is 0 Å². The Kier molecular flexibility index (Phi) is 6.58. The van der Waals surface area contributed by atoms with E-state index in [1.165, 1.54) is 30.9 Å². The van der Waals surface area contributed by atoms with Gasteiger partial charge in [0.15, 0.2) is 0 Å². The largest absolute Gasteiger partial charge is 0.443 e. The van der Waals surface area contributed by atoms with Crippen LogP contribution in [0.3, 0.4) is 0 Å². The Balaban J connectivity index is 1.19. The van der Waals surface area contributed by atoms with Gasteiger partial charge in [-0.15, -0.1) is 5.10 Å². The van der Waals surface area contributed by atoms with Gasteiger partial charge in [-0.3, -0.25) is 10.00 Å². The van der Waals surface area contributed by atoms with E-state index < -0.39 is 5.60 Å². The molecular weight excluding hydrogens is 542 g/mol. The first-order chi connectivity index (χ1) is 20.2. The van der Waals surface area contributed by atoms with Crippen molar-refractivity contribution in [3.8, 4) is 11.3 Å². The van der Waals surface area contributed by atoms with Crippen LogP contribution in [0, 0.1) is 5.41 Å². The molecule has 0 unspecified atom stereocenters. The highest BCUT2D eigenvalue weighted by atomic mass is 28.2. The molecule has 1 spiro atoms. The predicted molar refractivity (Wildman–Crippen MR) is 165 cm³/mol. The number of ether oxygens (including phenoxy) is 1. The predicted octanol–water partition coefficient (Wildman–Crippen LogP) is 5.36. The minimum Gasteiger partial charge on any atom is -0.443 e. The van der Waals surface area contributed by atoms with Gasteiger partial charge in [-0.05, 0) is 75.8 Å². The van der Waals surface area contributed by atoms with Crippen molar-refractivity contribution < 1.29 is 9.53 Å². The second kappa shape index (κ2) is 10.2. The molecule has 1 saturated heterocycles. The summed E-state index contributed by atoms with van der Waals surface area (Å²) >= 11 is 0. The smallest absolute Gasteiger partial charge is 0.419 e. The number of hydrogen-bond acceptors (Lipinski definition) is 6. The second-order valence-corrected chi connectivity index (χ2v) is 14.1. The lowest BCUT2D eigenvalue weighted by atomic mass is 9.68. The van der Waals surface area contributed by atoms with Crippen molar-refractivity contribution in [1.82, 2.24) is 34.7 Å². The molecule has 2 radical (unpaired) electrons. The van der Waals surface area contributed by atoms with Crippen LogP contribution in [0.1, 0.15) is 57.7 Å². The van der Waals surface area contributed by atoms with Crippen molar-refractivity contribution in [3.63, 3.8) is 0 Å². The zero-order valence-corrected chi connectivity index (χ0v) is 25.8. The van der Waals surface area contributed by atoms with Gasteiger partial charge in [0.25, 0.3) is 0 Å². The summed E-state index contributed by atoms with van der Waals surface area (Å²) < 4.78 is 9.54. The molecule has 1 aliphatic heterocycles. The molecule has 2 aromatic carbocycles. The minimum absolute atomic E-state index is 0.328. The Hall–Kier alpha value is -3.76. The van der Waals surface area contributed by atoms with Crippen LogP contribution < -0.4 is 5.19 Å². The van der Waals surface area contributed by atoms with Gasteiger partial charge in [0.1, 0.15) is 11.3 Å². The van der Waals surface area contributed by atoms with E-state index in [4.69, 9.17) is 4.74 Å². The minimum atomic E-state index is -0.584. The number of hydrogen-bond donors (Lipinski definition) is 1. The lowest BCUT2D eigenvalue weighted by Crippen LogP contribution is -2.33. The first kappa shape index (κ1) is 27.1. The maximum Gasteiger partial charge on any atom is 0.419 e. The fourth-order valence-corrected chi connectivity index (χ4v) is 7.19. The summed E-state index contributed by atoms with van der Waals surface area (Å²) in [7, 11) is 0.672. The zero-order valence-electron chi connectivity index (χ0n) is 24.8. The molecule has 10 heteroatoms. The number of carbonyl (C=O) groups is 1. The summed E-state index contributed by atoms with van der Waals surface area (Å²) in [5.74, 6) is 0. The summed E-state index contributed by atoms with van der Waals surface area (Å²) in [4.78, 5) is 16.1. The van der Waals surface area contributed by atoms with Crippen LogP contribution in [0.15, 0.2) is 48.8 Å². The van der Waals surface area contributed by atoms with Gasteiger partial charge in [0.05, 0.1) is 39.5 Å². The van der Waals surface area contributed by atoms with E-state index in [9.17, 15) is 4.79 Å². The van der Waals surface area contributed by atoms with Gasteiger partial charge in [-0.25, -0.2) is 14.0 Å². The Labute approximate surface area is 248 Å². The molecule has 1 saturated carbocycles. The molecule has 7 rings (SSSR count). The van der Waals surface area contributed by atoms with Crippen molar-refractivity contribution >= 4 is 42.6 Å². The molecule has 0 bridgehead atoms. The normalized spacial score (nSPS) is 17.0. The Morgan fingerprint density at radius 2 is 1.98 bits per heavy atom. The number of aromatic amines is 1. The first-order valence-corrected chi connectivity index (χ1v) is 16.3. The highest BCUT2D eigenvalue weighted by Crippen LogP contribution is 2.48. The van der Waals surface area contributed by atoms with Crippen molar-refractivity contribution in [1.29, 1.82) is 0 Å². The molecule has 42 heavy (non-hydrogen) atoms. The van der Waals surface area contributed by atoms with Crippen molar-refractivity contribution in [2.24, 2.45) is 5.41 Å². The molecular formula is C32H37N7O2Si. The van der Waals surface area contributed by atoms with Crippen LogP contribution in [-0.4, -0.2) is 69.0 Å². The summed E-state index contributed by atoms with van der Waals surface area (Å²) in [5, 5.41) is 19.6. The van der Waals surface area contributed by atoms with E-state index in [0.29, 0.717) is 21.5 Å². The summed E-state index contributed by atoms with van der Waals surface area (Å²) in [6.45, 7) is 11.4. The standard InChI is InChI=1S/C32H37N7O2Si/c1-31(2,3)41-30(40)39-23(18-37-11-10-32(20-37)8-5-9-32)13-22-7-6-21(12-29(22)39)17-38-19-28(35-36-38)25-14-24(42-4)15-27-26(25)16-33-34-27/h6-7,12-16,19H,5,8-11,17-18,20H2,1-4H3,(H,33,34). The van der Waals surface area contributed by atoms with E-state index in [1.807, 2.05) is 37.8 Å². The molecule has 1 N–H and O–H groups in total. The Morgan fingerprint density at radius 3 is 2.71 bits per heavy atom. The van der Waals surface area contributed by atoms with Gasteiger partial charge in [0, 0.05) is 35.1 Å². The maximum atomic E-state index is 13.6. The number of nitrogens with zero attached hydrogens (tertiary/aromatic N) is 6. The monoisotopic (exact) mass is 579 g/mol. The lowest BCUT2D eigenvalue weighted by Gasteiger charge is -2.38. The highest BCUT2D eigenvalue weighted by molar-refractivity contribution is 6.52. The van der Waals surface area contributed by atoms with E-state index in [-0.39, 0.29) is 6.09 Å². The highest BCUT2D eigenvalue weighted by Gasteiger charge is 2.42. The van der Waals surface area contributed by atoms with E-state index in [0.717, 1.165) is 64.0 Å². The number of carbonyl (C=O) groups excluding carboxylic acids is 1. The third kappa shape index (κ3) is 5.07. The number of benzene rings is 2. The molecule has 216 valence electrons. The van der Waals surface area contributed by atoms with Crippen molar-refractivity contribution in [2.45, 2.75) is 71.7 Å². The van der Waals surface area contributed by atoms with Gasteiger partial charge in [-0.1, -0.05) is 41.6 Å². The molecule has 2 aliphatic rings. The summed E-state index contributed by atoms with van der Waals surface area (Å²) in [5.41, 5.74) is 5.67. The van der Waals surface area contributed by atoms with Crippen LogP contribution in [-0.2, 0) is 17.8 Å². The van der Waals surface area contributed by atoms with Crippen LogP contribution >= 0.6 is 0 Å². The molecule has 2 fully saturated rings. The molecule has 0 atom stereocenters. The average Bonchev–Trinajstić information content (AvgIpc) is 3.72. The molecule has 5 aromatic rings. The van der Waals surface area contributed by atoms with Gasteiger partial charge in [-0.2, -0.15) is 5.10 Å². The Bertz CT molecular complexity index is 1790. The van der Waals surface area contributed by atoms with E-state index in [2.05, 4.69) is 68.4 Å². The second-order valence-electron chi connectivity index (χ2n) is 13.1. The van der Waals surface area contributed by atoms with Gasteiger partial charge >= 0.3 is 6.09 Å². The zero-order chi connectivity index (χ0) is 29.1. The van der Waals surface area contributed by atoms with Gasteiger partial charge < -0.3 is 4.74 Å². The van der Waals surface area contributed by atoms with Crippen LogP contribution in [0.4, 0.5) is 4.79 Å². The Morgan fingerprint density at radius 1 is 1.12 bits per heavy atom. The van der Waals surface area contributed by atoms with Gasteiger partial charge in [0.2, 0.25) is 0 Å². The number of likely N-dealkylation sites (tertiary alicyclic amines) is 1. The molecule has 9 nitrogen and oxygen atoms in total. The number of fused-ring (bicyclic) bond motifs is 2. The topological polar surface area (TPSA) is 93.9 Å². The number of rotatable bonds is 6. The fourth-order valence-electron chi connectivity index (χ4n) is 6.61. The number of H-pyrrole nitrogens is 1. The first-order valence-electron chi connectivity index (χ1n) is 14.8. The van der Waals surface area contributed by atoms with Crippen molar-refractivity contribution in [3.05, 3.63) is 60.0 Å². The van der Waals surface area contributed by atoms with E-state index in [1.54, 1.807) is 4.57 Å². The van der Waals surface area contributed by atoms with Crippen LogP contribution in [0.25, 0.3) is 33.1 Å². The SMILES string of the molecule is C[Si]c1cc(-c2cn(Cc3ccc4cc(CN5CCC6(CCC6)C5)n(C(=O)OC(C)(C)C)c4c3)nn2)c2cn[nH]c2c1. The molecule has 1 aliphatic carbocycles. The maximum absolute atomic E-state index is 13.6. The summed E-state index contributed by atoms with van der Waals surface area (Å²) in [6, 6.07) is 12.8. The van der Waals surface area contributed by atoms with Crippen LogP contribution in [0.2, 0.25) is 6.55 Å². The molecule has 0 amide bonds. The van der Waals surface area contributed by atoms with Crippen molar-refractivity contribution in [2.75, 3.05) is 13.1 Å². The quantitative estimate of drug-likeness (QED) is 0.272. The molecule has 3 aromatic heterocycles. The average molecular weight is 580 g/mol. The summed E-state index contributed by atoms with van der Waals surface area (Å²) in [6.07, 6.45) is 8.78. The number of aromatic nitrogens is 6. The third-order valence-corrected chi connectivity index (χ3v) is 9.71. The third-order valence-electron chi connectivity index (χ3n) is 8.84. The van der Waals surface area contributed by atoms with Crippen LogP contribution in [0.5, 0.6) is 0 Å². The number of nitrogens with one attached hydrogen (secondary N) is 1. The lowest BCUT2D eigenvalue weighted by molar-refractivity contribution is 0.0536.